The lowest BCUT2D eigenvalue weighted by Crippen LogP contribution is -2.42. The Labute approximate surface area is 120 Å². The Morgan fingerprint density at radius 2 is 2.05 bits per heavy atom. The monoisotopic (exact) mass is 329 g/mol. The van der Waals surface area contributed by atoms with Crippen molar-refractivity contribution in [2.45, 2.75) is 38.1 Å². The van der Waals surface area contributed by atoms with Gasteiger partial charge in [0.2, 0.25) is 0 Å². The van der Waals surface area contributed by atoms with Crippen LogP contribution < -0.4 is 4.90 Å². The maximum absolute atomic E-state index is 14.1. The summed E-state index contributed by atoms with van der Waals surface area (Å²) in [6, 6.07) is 4.71. The highest BCUT2D eigenvalue weighted by molar-refractivity contribution is 9.10. The molecule has 0 radical (unpaired) electrons. The number of para-hydroxylation sites is 1. The first-order chi connectivity index (χ1) is 9.15. The molecule has 1 aliphatic rings. The number of hydrogen-bond donors (Lipinski definition) is 0. The molecule has 0 bridgehead atoms. The van der Waals surface area contributed by atoms with Crippen molar-refractivity contribution in [3.8, 4) is 0 Å². The molecule has 1 aliphatic carbocycles. The summed E-state index contributed by atoms with van der Waals surface area (Å²) < 4.78 is 19.5. The number of nitrogens with zero attached hydrogens (tertiary/aromatic N) is 1. The summed E-state index contributed by atoms with van der Waals surface area (Å²) in [5.74, 6) is -0.412. The highest BCUT2D eigenvalue weighted by atomic mass is 79.9. The smallest absolute Gasteiger partial charge is 0.414 e. The molecule has 0 atom stereocenters. The number of halogens is 2. The highest BCUT2D eigenvalue weighted by Gasteiger charge is 2.30. The van der Waals surface area contributed by atoms with Crippen molar-refractivity contribution >= 4 is 27.7 Å². The number of hydrogen-bond acceptors (Lipinski definition) is 2. The Kier molecular flexibility index (Phi) is 4.80. The summed E-state index contributed by atoms with van der Waals surface area (Å²) >= 11 is 3.32. The van der Waals surface area contributed by atoms with E-state index >= 15 is 0 Å². The van der Waals surface area contributed by atoms with E-state index in [1.54, 1.807) is 12.1 Å². The van der Waals surface area contributed by atoms with Crippen molar-refractivity contribution in [2.75, 3.05) is 12.0 Å². The highest BCUT2D eigenvalue weighted by Crippen LogP contribution is 2.34. The van der Waals surface area contributed by atoms with Crippen LogP contribution in [-0.4, -0.2) is 19.2 Å². The summed E-state index contributed by atoms with van der Waals surface area (Å²) in [5.41, 5.74) is 0.279. The predicted octanol–water partition coefficient (Wildman–Crippen LogP) is 4.49. The average molecular weight is 330 g/mol. The van der Waals surface area contributed by atoms with Crippen LogP contribution in [0.4, 0.5) is 14.9 Å². The summed E-state index contributed by atoms with van der Waals surface area (Å²) in [7, 11) is 1.33. The van der Waals surface area contributed by atoms with Crippen LogP contribution in [0.5, 0.6) is 0 Å². The van der Waals surface area contributed by atoms with Gasteiger partial charge in [-0.05, 0) is 40.9 Å². The van der Waals surface area contributed by atoms with E-state index in [1.807, 2.05) is 0 Å². The zero-order valence-electron chi connectivity index (χ0n) is 10.9. The summed E-state index contributed by atoms with van der Waals surface area (Å²) in [6.45, 7) is 0. The standard InChI is InChI=1S/C14H17BrFNO2/c1-19-14(18)17(10-6-3-2-4-7-10)13-11(15)8-5-9-12(13)16/h5,8-10H,2-4,6-7H2,1H3. The fourth-order valence-electron chi connectivity index (χ4n) is 2.58. The molecule has 0 heterocycles. The molecule has 0 unspecified atom stereocenters. The Hall–Kier alpha value is -1.10. The van der Waals surface area contributed by atoms with Crippen molar-refractivity contribution in [1.82, 2.24) is 0 Å². The maximum atomic E-state index is 14.1. The van der Waals surface area contributed by atoms with E-state index in [0.29, 0.717) is 4.47 Å². The number of amides is 1. The third-order valence-corrected chi connectivity index (χ3v) is 4.13. The molecule has 3 nitrogen and oxygen atoms in total. The molecule has 0 N–H and O–H groups in total. The lowest BCUT2D eigenvalue weighted by atomic mass is 9.94. The fraction of sp³-hybridized carbons (Fsp3) is 0.500. The quantitative estimate of drug-likeness (QED) is 0.799. The van der Waals surface area contributed by atoms with E-state index in [0.717, 1.165) is 25.7 Å². The van der Waals surface area contributed by atoms with Gasteiger partial charge < -0.3 is 4.74 Å². The number of methoxy groups -OCH3 is 1. The zero-order valence-corrected chi connectivity index (χ0v) is 12.5. The molecule has 0 aromatic heterocycles. The van der Waals surface area contributed by atoms with Gasteiger partial charge in [0.25, 0.3) is 0 Å². The molecule has 5 heteroatoms. The van der Waals surface area contributed by atoms with E-state index in [4.69, 9.17) is 4.74 Å². The molecular formula is C14H17BrFNO2. The Balaban J connectivity index is 2.39. The first-order valence-electron chi connectivity index (χ1n) is 6.46. The van der Waals surface area contributed by atoms with Gasteiger partial charge in [-0.3, -0.25) is 4.90 Å². The number of carbonyl (C=O) groups excluding carboxylic acids is 1. The van der Waals surface area contributed by atoms with E-state index < -0.39 is 11.9 Å². The molecular weight excluding hydrogens is 313 g/mol. The van der Waals surface area contributed by atoms with Crippen LogP contribution in [0.2, 0.25) is 0 Å². The van der Waals surface area contributed by atoms with Crippen LogP contribution in [0, 0.1) is 5.82 Å². The van der Waals surface area contributed by atoms with Crippen LogP contribution >= 0.6 is 15.9 Å². The van der Waals surface area contributed by atoms with Crippen molar-refractivity contribution in [3.05, 3.63) is 28.5 Å². The van der Waals surface area contributed by atoms with Crippen LogP contribution in [0.3, 0.4) is 0 Å². The first kappa shape index (κ1) is 14.3. The molecule has 104 valence electrons. The van der Waals surface area contributed by atoms with Gasteiger partial charge in [-0.15, -0.1) is 0 Å². The van der Waals surface area contributed by atoms with Crippen molar-refractivity contribution in [1.29, 1.82) is 0 Å². The predicted molar refractivity (Wildman–Crippen MR) is 75.9 cm³/mol. The third kappa shape index (κ3) is 3.08. The van der Waals surface area contributed by atoms with E-state index in [2.05, 4.69) is 15.9 Å². The second-order valence-corrected chi connectivity index (χ2v) is 5.56. The molecule has 1 amide bonds. The topological polar surface area (TPSA) is 29.5 Å². The van der Waals surface area contributed by atoms with Crippen molar-refractivity contribution in [3.63, 3.8) is 0 Å². The largest absolute Gasteiger partial charge is 0.452 e. The minimum atomic E-state index is -0.502. The molecule has 1 saturated carbocycles. The molecule has 0 saturated heterocycles. The van der Waals surface area contributed by atoms with E-state index in [9.17, 15) is 9.18 Å². The zero-order chi connectivity index (χ0) is 13.8. The number of ether oxygens (including phenoxy) is 1. The van der Waals surface area contributed by atoms with Crippen LogP contribution in [0.1, 0.15) is 32.1 Å². The summed E-state index contributed by atoms with van der Waals surface area (Å²) in [5, 5.41) is 0. The van der Waals surface area contributed by atoms with E-state index in [-0.39, 0.29) is 11.7 Å². The van der Waals surface area contributed by atoms with Gasteiger partial charge in [-0.2, -0.15) is 0 Å². The molecule has 0 spiro atoms. The van der Waals surface area contributed by atoms with Gasteiger partial charge in [0, 0.05) is 10.5 Å². The Morgan fingerprint density at radius 3 is 2.63 bits per heavy atom. The molecule has 1 fully saturated rings. The number of benzene rings is 1. The third-order valence-electron chi connectivity index (χ3n) is 3.49. The van der Waals surface area contributed by atoms with E-state index in [1.165, 1.54) is 24.5 Å². The van der Waals surface area contributed by atoms with Gasteiger partial charge in [0.05, 0.1) is 12.8 Å². The normalized spacial score (nSPS) is 16.2. The summed E-state index contributed by atoms with van der Waals surface area (Å²) in [4.78, 5) is 13.5. The van der Waals surface area contributed by atoms with Gasteiger partial charge in [0.15, 0.2) is 0 Å². The Morgan fingerprint density at radius 1 is 1.37 bits per heavy atom. The lowest BCUT2D eigenvalue weighted by Gasteiger charge is -2.33. The number of anilines is 1. The minimum absolute atomic E-state index is 0.00870. The van der Waals surface area contributed by atoms with Crippen LogP contribution in [0.15, 0.2) is 22.7 Å². The van der Waals surface area contributed by atoms with Gasteiger partial charge in [0.1, 0.15) is 5.82 Å². The van der Waals surface area contributed by atoms with Crippen molar-refractivity contribution in [2.24, 2.45) is 0 Å². The SMILES string of the molecule is COC(=O)N(c1c(F)cccc1Br)C1CCCCC1. The van der Waals surface area contributed by atoms with Crippen LogP contribution in [-0.2, 0) is 4.74 Å². The second-order valence-electron chi connectivity index (χ2n) is 4.70. The van der Waals surface area contributed by atoms with Crippen molar-refractivity contribution < 1.29 is 13.9 Å². The van der Waals surface area contributed by atoms with Gasteiger partial charge in [-0.1, -0.05) is 25.3 Å². The molecule has 2 rings (SSSR count). The average Bonchev–Trinajstić information content (AvgIpc) is 2.43. The minimum Gasteiger partial charge on any atom is -0.452 e. The second kappa shape index (κ2) is 6.37. The molecule has 19 heavy (non-hydrogen) atoms. The lowest BCUT2D eigenvalue weighted by molar-refractivity contribution is 0.173. The number of rotatable bonds is 2. The molecule has 1 aromatic carbocycles. The van der Waals surface area contributed by atoms with Gasteiger partial charge >= 0.3 is 6.09 Å². The maximum Gasteiger partial charge on any atom is 0.414 e. The Bertz CT molecular complexity index is 441. The fourth-order valence-corrected chi connectivity index (χ4v) is 3.11. The molecule has 1 aromatic rings. The van der Waals surface area contributed by atoms with Crippen LogP contribution in [0.25, 0.3) is 0 Å². The number of carbonyl (C=O) groups is 1. The first-order valence-corrected chi connectivity index (χ1v) is 7.25. The molecule has 0 aliphatic heterocycles. The van der Waals surface area contributed by atoms with Gasteiger partial charge in [-0.25, -0.2) is 9.18 Å². The summed E-state index contributed by atoms with van der Waals surface area (Å²) in [6.07, 6.45) is 4.56.